The summed E-state index contributed by atoms with van der Waals surface area (Å²) in [6.45, 7) is 4.96. The molecule has 0 spiro atoms. The molecule has 0 radical (unpaired) electrons. The van der Waals surface area contributed by atoms with Crippen LogP contribution in [0.3, 0.4) is 0 Å². The van der Waals surface area contributed by atoms with E-state index in [0.29, 0.717) is 16.9 Å². The predicted molar refractivity (Wildman–Crippen MR) is 104 cm³/mol. The number of rotatable bonds is 6. The summed E-state index contributed by atoms with van der Waals surface area (Å²) in [4.78, 5) is 35.8. The van der Waals surface area contributed by atoms with Crippen LogP contribution in [0.2, 0.25) is 0 Å². The molecule has 0 aliphatic rings. The second kappa shape index (κ2) is 9.55. The molecular weight excluding hydrogens is 360 g/mol. The average Bonchev–Trinajstić information content (AvgIpc) is 2.64. The molecule has 0 aliphatic carbocycles. The smallest absolute Gasteiger partial charge is 0.339 e. The van der Waals surface area contributed by atoms with E-state index in [9.17, 15) is 14.4 Å². The van der Waals surface area contributed by atoms with E-state index < -0.39 is 30.1 Å². The zero-order chi connectivity index (χ0) is 20.6. The second-order valence-electron chi connectivity index (χ2n) is 7.09. The first kappa shape index (κ1) is 21.0. The van der Waals surface area contributed by atoms with Gasteiger partial charge < -0.3 is 14.8 Å². The molecule has 0 bridgehead atoms. The van der Waals surface area contributed by atoms with Crippen LogP contribution in [0.5, 0.6) is 5.75 Å². The molecule has 0 fully saturated rings. The minimum atomic E-state index is -0.715. The fraction of sp³-hybridized carbons (Fsp3) is 0.286. The SMILES string of the molecule is CC(C)(C)NC(=O)NC(=O)COC(=O)c1ccccc1COc1ccccc1. The topological polar surface area (TPSA) is 93.7 Å². The summed E-state index contributed by atoms with van der Waals surface area (Å²) in [7, 11) is 0. The number of imide groups is 1. The quantitative estimate of drug-likeness (QED) is 0.747. The van der Waals surface area contributed by atoms with E-state index in [1.807, 2.05) is 30.3 Å². The van der Waals surface area contributed by atoms with Crippen molar-refractivity contribution in [3.63, 3.8) is 0 Å². The van der Waals surface area contributed by atoms with Crippen molar-refractivity contribution >= 4 is 17.9 Å². The van der Waals surface area contributed by atoms with Crippen molar-refractivity contribution < 1.29 is 23.9 Å². The molecule has 2 rings (SSSR count). The van der Waals surface area contributed by atoms with Crippen LogP contribution in [0.25, 0.3) is 0 Å². The van der Waals surface area contributed by atoms with Gasteiger partial charge in [0.25, 0.3) is 5.91 Å². The first-order valence-corrected chi connectivity index (χ1v) is 8.79. The number of urea groups is 1. The summed E-state index contributed by atoms with van der Waals surface area (Å²) in [6.07, 6.45) is 0. The highest BCUT2D eigenvalue weighted by atomic mass is 16.5. The predicted octanol–water partition coefficient (Wildman–Crippen LogP) is 3.05. The van der Waals surface area contributed by atoms with Crippen molar-refractivity contribution in [1.82, 2.24) is 10.6 Å². The fourth-order valence-corrected chi connectivity index (χ4v) is 2.27. The summed E-state index contributed by atoms with van der Waals surface area (Å²) in [5, 5.41) is 4.70. The van der Waals surface area contributed by atoms with Crippen molar-refractivity contribution in [2.45, 2.75) is 32.9 Å². The molecule has 0 atom stereocenters. The van der Waals surface area contributed by atoms with E-state index in [1.54, 1.807) is 45.0 Å². The van der Waals surface area contributed by atoms with Crippen LogP contribution >= 0.6 is 0 Å². The van der Waals surface area contributed by atoms with Crippen LogP contribution in [0.1, 0.15) is 36.7 Å². The summed E-state index contributed by atoms with van der Waals surface area (Å²) in [6, 6.07) is 15.4. The van der Waals surface area contributed by atoms with Gasteiger partial charge >= 0.3 is 12.0 Å². The number of hydrogen-bond acceptors (Lipinski definition) is 5. The number of ether oxygens (including phenoxy) is 2. The van der Waals surface area contributed by atoms with E-state index in [2.05, 4.69) is 10.6 Å². The molecule has 0 heterocycles. The Morgan fingerprint density at radius 2 is 1.57 bits per heavy atom. The summed E-state index contributed by atoms with van der Waals surface area (Å²) in [5.41, 5.74) is 0.436. The molecule has 2 aromatic rings. The molecule has 0 unspecified atom stereocenters. The number of carbonyl (C=O) groups excluding carboxylic acids is 3. The highest BCUT2D eigenvalue weighted by Gasteiger charge is 2.18. The van der Waals surface area contributed by atoms with Gasteiger partial charge in [0.15, 0.2) is 6.61 Å². The summed E-state index contributed by atoms with van der Waals surface area (Å²) >= 11 is 0. The van der Waals surface area contributed by atoms with Crippen LogP contribution in [-0.4, -0.2) is 30.1 Å². The number of esters is 1. The molecular formula is C21H24N2O5. The van der Waals surface area contributed by atoms with Crippen molar-refractivity contribution in [2.24, 2.45) is 0 Å². The minimum Gasteiger partial charge on any atom is -0.489 e. The van der Waals surface area contributed by atoms with Crippen LogP contribution in [0.4, 0.5) is 4.79 Å². The van der Waals surface area contributed by atoms with E-state index in [4.69, 9.17) is 9.47 Å². The lowest BCUT2D eigenvalue weighted by Crippen LogP contribution is -2.49. The lowest BCUT2D eigenvalue weighted by molar-refractivity contribution is -0.123. The number of carbonyl (C=O) groups is 3. The Labute approximate surface area is 164 Å². The van der Waals surface area contributed by atoms with Gasteiger partial charge in [-0.2, -0.15) is 0 Å². The molecule has 7 nitrogen and oxygen atoms in total. The van der Waals surface area contributed by atoms with Gasteiger partial charge in [0.05, 0.1) is 5.56 Å². The largest absolute Gasteiger partial charge is 0.489 e. The molecule has 0 aromatic heterocycles. The summed E-state index contributed by atoms with van der Waals surface area (Å²) in [5.74, 6) is -0.707. The molecule has 0 aliphatic heterocycles. The number of para-hydroxylation sites is 1. The van der Waals surface area contributed by atoms with Crippen LogP contribution in [0.15, 0.2) is 54.6 Å². The molecule has 2 aromatic carbocycles. The van der Waals surface area contributed by atoms with Crippen molar-refractivity contribution in [3.05, 3.63) is 65.7 Å². The standard InChI is InChI=1S/C21H24N2O5/c1-21(2,3)23-20(26)22-18(24)14-28-19(25)17-12-8-7-9-15(17)13-27-16-10-5-4-6-11-16/h4-12H,13-14H2,1-3H3,(H2,22,23,24,26). The zero-order valence-corrected chi connectivity index (χ0v) is 16.2. The Bertz CT molecular complexity index is 828. The molecule has 7 heteroatoms. The molecule has 0 saturated heterocycles. The van der Waals surface area contributed by atoms with Gasteiger partial charge in [0, 0.05) is 11.1 Å². The van der Waals surface area contributed by atoms with Crippen molar-refractivity contribution in [2.75, 3.05) is 6.61 Å². The molecule has 148 valence electrons. The van der Waals surface area contributed by atoms with Gasteiger partial charge in [-0.1, -0.05) is 36.4 Å². The van der Waals surface area contributed by atoms with Crippen molar-refractivity contribution in [3.8, 4) is 5.75 Å². The van der Waals surface area contributed by atoms with Gasteiger partial charge in [-0.05, 0) is 39.0 Å². The number of hydrogen-bond donors (Lipinski definition) is 2. The first-order chi connectivity index (χ1) is 13.2. The zero-order valence-electron chi connectivity index (χ0n) is 16.2. The number of amides is 3. The second-order valence-corrected chi connectivity index (χ2v) is 7.09. The third-order valence-corrected chi connectivity index (χ3v) is 3.45. The Morgan fingerprint density at radius 1 is 0.929 bits per heavy atom. The highest BCUT2D eigenvalue weighted by Crippen LogP contribution is 2.15. The Balaban J connectivity index is 1.90. The van der Waals surface area contributed by atoms with Crippen LogP contribution in [0, 0.1) is 0 Å². The number of nitrogens with one attached hydrogen (secondary N) is 2. The van der Waals surface area contributed by atoms with Crippen LogP contribution < -0.4 is 15.4 Å². The Kier molecular flexibility index (Phi) is 7.14. The summed E-state index contributed by atoms with van der Waals surface area (Å²) < 4.78 is 10.7. The Hall–Kier alpha value is -3.35. The maximum Gasteiger partial charge on any atom is 0.339 e. The van der Waals surface area contributed by atoms with Gasteiger partial charge in [-0.15, -0.1) is 0 Å². The lowest BCUT2D eigenvalue weighted by atomic mass is 10.1. The van der Waals surface area contributed by atoms with E-state index in [-0.39, 0.29) is 6.61 Å². The Morgan fingerprint density at radius 3 is 2.25 bits per heavy atom. The third kappa shape index (κ3) is 7.11. The lowest BCUT2D eigenvalue weighted by Gasteiger charge is -2.20. The highest BCUT2D eigenvalue weighted by molar-refractivity contribution is 5.97. The van der Waals surface area contributed by atoms with Gasteiger partial charge in [0.1, 0.15) is 12.4 Å². The average molecular weight is 384 g/mol. The van der Waals surface area contributed by atoms with Gasteiger partial charge in [-0.3, -0.25) is 10.1 Å². The molecule has 3 amide bonds. The molecule has 2 N–H and O–H groups in total. The number of benzene rings is 2. The van der Waals surface area contributed by atoms with E-state index in [1.165, 1.54) is 0 Å². The fourth-order valence-electron chi connectivity index (χ4n) is 2.27. The minimum absolute atomic E-state index is 0.176. The van der Waals surface area contributed by atoms with Crippen LogP contribution in [-0.2, 0) is 16.1 Å². The first-order valence-electron chi connectivity index (χ1n) is 8.79. The van der Waals surface area contributed by atoms with E-state index >= 15 is 0 Å². The molecule has 0 saturated carbocycles. The van der Waals surface area contributed by atoms with Gasteiger partial charge in [-0.25, -0.2) is 9.59 Å². The van der Waals surface area contributed by atoms with Crippen molar-refractivity contribution in [1.29, 1.82) is 0 Å². The van der Waals surface area contributed by atoms with E-state index in [0.717, 1.165) is 0 Å². The third-order valence-electron chi connectivity index (χ3n) is 3.45. The monoisotopic (exact) mass is 384 g/mol. The molecule has 28 heavy (non-hydrogen) atoms. The maximum absolute atomic E-state index is 12.3. The van der Waals surface area contributed by atoms with Gasteiger partial charge in [0.2, 0.25) is 0 Å². The maximum atomic E-state index is 12.3. The normalized spacial score (nSPS) is 10.7.